The molecule has 0 saturated carbocycles. The third-order valence-electron chi connectivity index (χ3n) is 3.68. The molecule has 18 heavy (non-hydrogen) atoms. The minimum absolute atomic E-state index is 0.590. The lowest BCUT2D eigenvalue weighted by Crippen LogP contribution is -2.35. The van der Waals surface area contributed by atoms with Crippen molar-refractivity contribution >= 4 is 0 Å². The maximum absolute atomic E-state index is 8.88. The van der Waals surface area contributed by atoms with Gasteiger partial charge < -0.3 is 0 Å². The van der Waals surface area contributed by atoms with Crippen LogP contribution < -0.4 is 0 Å². The first kappa shape index (κ1) is 12.9. The van der Waals surface area contributed by atoms with Gasteiger partial charge in [-0.1, -0.05) is 43.3 Å². The van der Waals surface area contributed by atoms with Gasteiger partial charge in [0, 0.05) is 18.2 Å². The summed E-state index contributed by atoms with van der Waals surface area (Å²) in [6.45, 7) is 4.29. The van der Waals surface area contributed by atoms with Gasteiger partial charge in [0.2, 0.25) is 0 Å². The molecule has 1 atom stereocenters. The van der Waals surface area contributed by atoms with Gasteiger partial charge >= 0.3 is 0 Å². The van der Waals surface area contributed by atoms with Gasteiger partial charge in [-0.15, -0.1) is 0 Å². The molecular formula is C16H20N2. The lowest BCUT2D eigenvalue weighted by Gasteiger charge is -2.32. The summed E-state index contributed by atoms with van der Waals surface area (Å²) in [5.41, 5.74) is 2.33. The van der Waals surface area contributed by atoms with E-state index in [0.717, 1.165) is 37.9 Å². The van der Waals surface area contributed by atoms with Crippen molar-refractivity contribution in [2.45, 2.75) is 38.8 Å². The van der Waals surface area contributed by atoms with Crippen molar-refractivity contribution in [2.24, 2.45) is 0 Å². The first-order chi connectivity index (χ1) is 8.83. The van der Waals surface area contributed by atoms with E-state index in [0.29, 0.717) is 6.04 Å². The Kier molecular flexibility index (Phi) is 4.55. The van der Waals surface area contributed by atoms with E-state index < -0.39 is 0 Å². The molecule has 0 heterocycles. The van der Waals surface area contributed by atoms with Crippen molar-refractivity contribution in [3.63, 3.8) is 0 Å². The summed E-state index contributed by atoms with van der Waals surface area (Å²) in [5, 5.41) is 8.88. The van der Waals surface area contributed by atoms with Crippen LogP contribution in [0.3, 0.4) is 0 Å². The molecular weight excluding hydrogens is 220 g/mol. The number of allylic oxidation sites excluding steroid dienone is 1. The molecule has 1 unspecified atom stereocenters. The highest BCUT2D eigenvalue weighted by molar-refractivity contribution is 5.23. The fourth-order valence-electron chi connectivity index (χ4n) is 2.57. The van der Waals surface area contributed by atoms with Gasteiger partial charge in [-0.25, -0.2) is 0 Å². The summed E-state index contributed by atoms with van der Waals surface area (Å²) in [6.07, 6.45) is 5.18. The predicted molar refractivity (Wildman–Crippen MR) is 73.9 cm³/mol. The van der Waals surface area contributed by atoms with Crippen LogP contribution in [0, 0.1) is 11.3 Å². The maximum atomic E-state index is 8.88. The largest absolute Gasteiger partial charge is 0.296 e. The van der Waals surface area contributed by atoms with E-state index in [1.165, 1.54) is 5.56 Å². The molecule has 0 aliphatic heterocycles. The van der Waals surface area contributed by atoms with Gasteiger partial charge in [0.1, 0.15) is 0 Å². The van der Waals surface area contributed by atoms with Crippen LogP contribution in [-0.4, -0.2) is 17.5 Å². The Labute approximate surface area is 110 Å². The number of hydrogen-bond donors (Lipinski definition) is 0. The number of nitriles is 1. The minimum atomic E-state index is 0.590. The van der Waals surface area contributed by atoms with E-state index in [1.807, 2.05) is 0 Å². The topological polar surface area (TPSA) is 27.0 Å². The predicted octanol–water partition coefficient (Wildman–Crippen LogP) is 3.51. The lowest BCUT2D eigenvalue weighted by molar-refractivity contribution is 0.184. The zero-order chi connectivity index (χ0) is 12.8. The highest BCUT2D eigenvalue weighted by atomic mass is 15.1. The van der Waals surface area contributed by atoms with Crippen LogP contribution in [0.15, 0.2) is 42.0 Å². The number of hydrogen-bond acceptors (Lipinski definition) is 2. The Bertz CT molecular complexity index is 442. The number of rotatable bonds is 4. The van der Waals surface area contributed by atoms with E-state index in [9.17, 15) is 0 Å². The average molecular weight is 240 g/mol. The van der Waals surface area contributed by atoms with Crippen LogP contribution in [0.5, 0.6) is 0 Å². The van der Waals surface area contributed by atoms with Crippen LogP contribution in [0.2, 0.25) is 0 Å². The quantitative estimate of drug-likeness (QED) is 0.805. The zero-order valence-electron chi connectivity index (χ0n) is 11.0. The molecule has 2 rings (SSSR count). The molecule has 94 valence electrons. The Hall–Kier alpha value is -1.59. The molecule has 2 nitrogen and oxygen atoms in total. The normalized spacial score (nSPS) is 19.4. The molecule has 0 fully saturated rings. The summed E-state index contributed by atoms with van der Waals surface area (Å²) in [5.74, 6) is 0. The molecule has 0 aromatic heterocycles. The van der Waals surface area contributed by atoms with Crippen molar-refractivity contribution in [1.82, 2.24) is 4.90 Å². The molecule has 1 aliphatic carbocycles. The first-order valence-electron chi connectivity index (χ1n) is 6.70. The molecule has 0 bridgehead atoms. The summed E-state index contributed by atoms with van der Waals surface area (Å²) in [4.78, 5) is 2.51. The van der Waals surface area contributed by atoms with Crippen LogP contribution >= 0.6 is 0 Å². The second-order valence-corrected chi connectivity index (χ2v) is 4.82. The van der Waals surface area contributed by atoms with Gasteiger partial charge in [0.25, 0.3) is 0 Å². The Balaban J connectivity index is 1.98. The monoisotopic (exact) mass is 240 g/mol. The summed E-state index contributed by atoms with van der Waals surface area (Å²) >= 11 is 0. The van der Waals surface area contributed by atoms with Crippen molar-refractivity contribution in [2.75, 3.05) is 6.54 Å². The van der Waals surface area contributed by atoms with E-state index >= 15 is 0 Å². The fraction of sp³-hybridized carbons (Fsp3) is 0.438. The highest BCUT2D eigenvalue weighted by Gasteiger charge is 2.20. The summed E-state index contributed by atoms with van der Waals surface area (Å²) < 4.78 is 0. The fourth-order valence-corrected chi connectivity index (χ4v) is 2.57. The third-order valence-corrected chi connectivity index (χ3v) is 3.68. The standard InChI is InChI=1S/C16H20N2/c1-2-18(13-15-6-4-3-5-7-15)16-10-8-14(12-17)9-11-16/h3-8,16H,2,9-11,13H2,1H3. The molecule has 0 radical (unpaired) electrons. The molecule has 1 aliphatic rings. The van der Waals surface area contributed by atoms with E-state index in [-0.39, 0.29) is 0 Å². The molecule has 0 saturated heterocycles. The van der Waals surface area contributed by atoms with E-state index in [1.54, 1.807) is 0 Å². The van der Waals surface area contributed by atoms with E-state index in [2.05, 4.69) is 54.3 Å². The first-order valence-corrected chi connectivity index (χ1v) is 6.70. The third kappa shape index (κ3) is 3.21. The zero-order valence-corrected chi connectivity index (χ0v) is 11.0. The Morgan fingerprint density at radius 3 is 2.67 bits per heavy atom. The Morgan fingerprint density at radius 2 is 2.11 bits per heavy atom. The van der Waals surface area contributed by atoms with Crippen LogP contribution in [-0.2, 0) is 6.54 Å². The van der Waals surface area contributed by atoms with Gasteiger partial charge in [0.15, 0.2) is 0 Å². The molecule has 1 aromatic carbocycles. The molecule has 2 heteroatoms. The second-order valence-electron chi connectivity index (χ2n) is 4.82. The molecule has 0 amide bonds. The molecule has 1 aromatic rings. The van der Waals surface area contributed by atoms with Crippen LogP contribution in [0.25, 0.3) is 0 Å². The highest BCUT2D eigenvalue weighted by Crippen LogP contribution is 2.23. The van der Waals surface area contributed by atoms with Crippen molar-refractivity contribution in [1.29, 1.82) is 5.26 Å². The number of benzene rings is 1. The minimum Gasteiger partial charge on any atom is -0.296 e. The van der Waals surface area contributed by atoms with Crippen LogP contribution in [0.1, 0.15) is 31.7 Å². The van der Waals surface area contributed by atoms with Gasteiger partial charge in [-0.05, 0) is 31.4 Å². The van der Waals surface area contributed by atoms with Gasteiger partial charge in [-0.2, -0.15) is 5.26 Å². The van der Waals surface area contributed by atoms with E-state index in [4.69, 9.17) is 5.26 Å². The van der Waals surface area contributed by atoms with Crippen molar-refractivity contribution in [3.8, 4) is 6.07 Å². The van der Waals surface area contributed by atoms with Gasteiger partial charge in [-0.3, -0.25) is 4.90 Å². The number of nitrogens with zero attached hydrogens (tertiary/aromatic N) is 2. The average Bonchev–Trinajstić information content (AvgIpc) is 2.46. The second kappa shape index (κ2) is 6.37. The van der Waals surface area contributed by atoms with Crippen molar-refractivity contribution < 1.29 is 0 Å². The van der Waals surface area contributed by atoms with Crippen LogP contribution in [0.4, 0.5) is 0 Å². The summed E-state index contributed by atoms with van der Waals surface area (Å²) in [7, 11) is 0. The maximum Gasteiger partial charge on any atom is 0.0943 e. The smallest absolute Gasteiger partial charge is 0.0943 e. The Morgan fingerprint density at radius 1 is 1.33 bits per heavy atom. The SMILES string of the molecule is CCN(Cc1ccccc1)C1CC=C(C#N)CC1. The molecule has 0 spiro atoms. The summed E-state index contributed by atoms with van der Waals surface area (Å²) in [6, 6.07) is 13.5. The lowest BCUT2D eigenvalue weighted by atomic mass is 9.94. The molecule has 0 N–H and O–H groups in total. The van der Waals surface area contributed by atoms with Gasteiger partial charge in [0.05, 0.1) is 6.07 Å². The van der Waals surface area contributed by atoms with Crippen molar-refractivity contribution in [3.05, 3.63) is 47.5 Å².